The average Bonchev–Trinajstić information content (AvgIpc) is 3.31. The van der Waals surface area contributed by atoms with Crippen LogP contribution in [0.1, 0.15) is 38.7 Å². The molecule has 6 nitrogen and oxygen atoms in total. The fourth-order valence-electron chi connectivity index (χ4n) is 3.76. The molecule has 0 aliphatic heterocycles. The molecule has 0 saturated heterocycles. The Morgan fingerprint density at radius 1 is 1.13 bits per heavy atom. The molecule has 4 rings (SSSR count). The molecule has 0 saturated carbocycles. The standard InChI is InChI=1S/C25H22N4O2/c1-15-5-10-22-23(11-15)28-24(27-22)20(14-26)13-19-12-16(2)29(17(19)3)21-8-6-18(7-9-21)25(30)31-4/h5-13H,1-4H3,(H,27,28). The van der Waals surface area contributed by atoms with Crippen molar-refractivity contribution in [2.75, 3.05) is 7.11 Å². The number of imidazole rings is 1. The maximum Gasteiger partial charge on any atom is 0.337 e. The largest absolute Gasteiger partial charge is 0.465 e. The van der Waals surface area contributed by atoms with Crippen molar-refractivity contribution in [1.29, 1.82) is 5.26 Å². The summed E-state index contributed by atoms with van der Waals surface area (Å²) >= 11 is 0. The fraction of sp³-hybridized carbons (Fsp3) is 0.160. The number of rotatable bonds is 4. The van der Waals surface area contributed by atoms with Crippen LogP contribution in [0.5, 0.6) is 0 Å². The number of ether oxygens (including phenoxy) is 1. The average molecular weight is 410 g/mol. The third-order valence-corrected chi connectivity index (χ3v) is 5.33. The van der Waals surface area contributed by atoms with E-state index in [9.17, 15) is 10.1 Å². The fourth-order valence-corrected chi connectivity index (χ4v) is 3.76. The highest BCUT2D eigenvalue weighted by molar-refractivity contribution is 5.91. The van der Waals surface area contributed by atoms with Crippen LogP contribution in [0, 0.1) is 32.1 Å². The van der Waals surface area contributed by atoms with Crippen molar-refractivity contribution in [1.82, 2.24) is 14.5 Å². The van der Waals surface area contributed by atoms with Crippen LogP contribution in [-0.2, 0) is 4.74 Å². The van der Waals surface area contributed by atoms with Crippen LogP contribution in [0.4, 0.5) is 0 Å². The molecule has 1 N–H and O–H groups in total. The molecule has 0 aliphatic carbocycles. The number of aromatic nitrogens is 3. The molecular weight excluding hydrogens is 388 g/mol. The molecule has 6 heteroatoms. The van der Waals surface area contributed by atoms with Gasteiger partial charge in [0.1, 0.15) is 11.9 Å². The van der Waals surface area contributed by atoms with Gasteiger partial charge in [0.15, 0.2) is 0 Å². The molecule has 2 heterocycles. The van der Waals surface area contributed by atoms with Crippen LogP contribution in [0.15, 0.2) is 48.5 Å². The molecule has 0 amide bonds. The number of esters is 1. The maximum absolute atomic E-state index is 11.7. The van der Waals surface area contributed by atoms with Crippen molar-refractivity contribution >= 4 is 28.7 Å². The van der Waals surface area contributed by atoms with Crippen LogP contribution >= 0.6 is 0 Å². The van der Waals surface area contributed by atoms with Crippen LogP contribution in [-0.4, -0.2) is 27.6 Å². The van der Waals surface area contributed by atoms with Gasteiger partial charge in [-0.25, -0.2) is 9.78 Å². The Balaban J connectivity index is 1.73. The Morgan fingerprint density at radius 2 is 1.87 bits per heavy atom. The summed E-state index contributed by atoms with van der Waals surface area (Å²) in [6.45, 7) is 6.03. The van der Waals surface area contributed by atoms with E-state index in [4.69, 9.17) is 4.74 Å². The summed E-state index contributed by atoms with van der Waals surface area (Å²) in [6, 6.07) is 17.5. The first kappa shape index (κ1) is 20.2. The summed E-state index contributed by atoms with van der Waals surface area (Å²) < 4.78 is 6.85. The Hall–Kier alpha value is -4.11. The van der Waals surface area contributed by atoms with Gasteiger partial charge in [0.25, 0.3) is 0 Å². The number of fused-ring (bicyclic) bond motifs is 1. The molecule has 0 unspecified atom stereocenters. The van der Waals surface area contributed by atoms with E-state index in [2.05, 4.69) is 20.6 Å². The molecule has 0 fully saturated rings. The first-order chi connectivity index (χ1) is 14.9. The molecule has 31 heavy (non-hydrogen) atoms. The van der Waals surface area contributed by atoms with Crippen molar-refractivity contribution in [2.24, 2.45) is 0 Å². The number of aromatic amines is 1. The van der Waals surface area contributed by atoms with Gasteiger partial charge in [-0.15, -0.1) is 0 Å². The molecule has 4 aromatic rings. The van der Waals surface area contributed by atoms with Gasteiger partial charge in [-0.2, -0.15) is 5.26 Å². The molecule has 2 aromatic carbocycles. The summed E-state index contributed by atoms with van der Waals surface area (Å²) in [5, 5.41) is 9.78. The number of nitrogens with one attached hydrogen (secondary N) is 1. The number of benzene rings is 2. The highest BCUT2D eigenvalue weighted by Gasteiger charge is 2.14. The van der Waals surface area contributed by atoms with Gasteiger partial charge in [-0.1, -0.05) is 6.07 Å². The van der Waals surface area contributed by atoms with E-state index < -0.39 is 0 Å². The van der Waals surface area contributed by atoms with Crippen molar-refractivity contribution in [3.05, 3.63) is 82.4 Å². The number of allylic oxidation sites excluding steroid dienone is 1. The number of hydrogen-bond donors (Lipinski definition) is 1. The van der Waals surface area contributed by atoms with Gasteiger partial charge in [0.2, 0.25) is 0 Å². The van der Waals surface area contributed by atoms with Gasteiger partial charge >= 0.3 is 5.97 Å². The minimum absolute atomic E-state index is 0.365. The monoisotopic (exact) mass is 410 g/mol. The topological polar surface area (TPSA) is 83.7 Å². The summed E-state index contributed by atoms with van der Waals surface area (Å²) in [4.78, 5) is 19.5. The zero-order chi connectivity index (χ0) is 22.1. The SMILES string of the molecule is COC(=O)c1ccc(-n2c(C)cc(C=C(C#N)c3nc4ccc(C)cc4[nH]3)c2C)cc1. The van der Waals surface area contributed by atoms with Crippen LogP contribution in [0.2, 0.25) is 0 Å². The molecule has 0 radical (unpaired) electrons. The van der Waals surface area contributed by atoms with Crippen molar-refractivity contribution in [3.63, 3.8) is 0 Å². The summed E-state index contributed by atoms with van der Waals surface area (Å²) in [5.41, 5.74) is 7.71. The molecule has 0 spiro atoms. The second-order valence-electron chi connectivity index (χ2n) is 7.48. The molecule has 154 valence electrons. The minimum Gasteiger partial charge on any atom is -0.465 e. The van der Waals surface area contributed by atoms with E-state index in [1.165, 1.54) is 7.11 Å². The highest BCUT2D eigenvalue weighted by Crippen LogP contribution is 2.26. The van der Waals surface area contributed by atoms with Gasteiger partial charge in [0.05, 0.1) is 29.3 Å². The van der Waals surface area contributed by atoms with Gasteiger partial charge < -0.3 is 14.3 Å². The lowest BCUT2D eigenvalue weighted by Gasteiger charge is -2.10. The van der Waals surface area contributed by atoms with Gasteiger partial charge in [0, 0.05) is 17.1 Å². The zero-order valence-electron chi connectivity index (χ0n) is 17.9. The zero-order valence-corrected chi connectivity index (χ0v) is 17.9. The number of methoxy groups -OCH3 is 1. The Kier molecular flexibility index (Phi) is 5.18. The second-order valence-corrected chi connectivity index (χ2v) is 7.48. The highest BCUT2D eigenvalue weighted by atomic mass is 16.5. The number of carbonyl (C=O) groups excluding carboxylic acids is 1. The van der Waals surface area contributed by atoms with E-state index >= 15 is 0 Å². The number of H-pyrrole nitrogens is 1. The molecular formula is C25H22N4O2. The third-order valence-electron chi connectivity index (χ3n) is 5.33. The van der Waals surface area contributed by atoms with Crippen molar-refractivity contribution in [3.8, 4) is 11.8 Å². The lowest BCUT2D eigenvalue weighted by atomic mass is 10.1. The van der Waals surface area contributed by atoms with Crippen LogP contribution < -0.4 is 0 Å². The van der Waals surface area contributed by atoms with E-state index in [0.29, 0.717) is 17.0 Å². The number of aryl methyl sites for hydroxylation is 2. The molecule has 0 bridgehead atoms. The maximum atomic E-state index is 11.7. The van der Waals surface area contributed by atoms with E-state index in [1.54, 1.807) is 12.1 Å². The summed E-state index contributed by atoms with van der Waals surface area (Å²) in [7, 11) is 1.37. The summed E-state index contributed by atoms with van der Waals surface area (Å²) in [6.07, 6.45) is 1.85. The quantitative estimate of drug-likeness (QED) is 0.373. The van der Waals surface area contributed by atoms with Gasteiger partial charge in [-0.05, 0) is 80.4 Å². The predicted molar refractivity (Wildman–Crippen MR) is 121 cm³/mol. The van der Waals surface area contributed by atoms with Crippen LogP contribution in [0.3, 0.4) is 0 Å². The molecule has 0 atom stereocenters. The van der Waals surface area contributed by atoms with Crippen molar-refractivity contribution < 1.29 is 9.53 Å². The smallest absolute Gasteiger partial charge is 0.337 e. The lowest BCUT2D eigenvalue weighted by molar-refractivity contribution is 0.0600. The van der Waals surface area contributed by atoms with E-state index in [1.807, 2.05) is 63.2 Å². The first-order valence-corrected chi connectivity index (χ1v) is 9.87. The lowest BCUT2D eigenvalue weighted by Crippen LogP contribution is -2.03. The Labute approximate surface area is 180 Å². The van der Waals surface area contributed by atoms with E-state index in [-0.39, 0.29) is 5.97 Å². The van der Waals surface area contributed by atoms with E-state index in [0.717, 1.165) is 39.2 Å². The third kappa shape index (κ3) is 3.74. The Morgan fingerprint density at radius 3 is 2.55 bits per heavy atom. The number of hydrogen-bond acceptors (Lipinski definition) is 4. The normalized spacial score (nSPS) is 11.5. The first-order valence-electron chi connectivity index (χ1n) is 9.87. The predicted octanol–water partition coefficient (Wildman–Crippen LogP) is 5.13. The molecule has 2 aromatic heterocycles. The number of carbonyl (C=O) groups is 1. The Bertz CT molecular complexity index is 1370. The number of nitriles is 1. The van der Waals surface area contributed by atoms with Gasteiger partial charge in [-0.3, -0.25) is 0 Å². The second kappa shape index (κ2) is 7.96. The number of nitrogens with zero attached hydrogens (tertiary/aromatic N) is 3. The molecule has 0 aliphatic rings. The van der Waals surface area contributed by atoms with Crippen LogP contribution in [0.25, 0.3) is 28.4 Å². The van der Waals surface area contributed by atoms with Crippen molar-refractivity contribution in [2.45, 2.75) is 20.8 Å². The summed E-state index contributed by atoms with van der Waals surface area (Å²) in [5.74, 6) is 0.186. The minimum atomic E-state index is -0.365.